The van der Waals surface area contributed by atoms with Crippen molar-refractivity contribution in [2.45, 2.75) is 44.9 Å². The molecule has 1 aliphatic carbocycles. The average Bonchev–Trinajstić information content (AvgIpc) is 3.27. The first-order chi connectivity index (χ1) is 11.7. The topological polar surface area (TPSA) is 77.1 Å². The molecule has 0 N–H and O–H groups in total. The number of rotatable bonds is 6. The molecule has 0 saturated heterocycles. The summed E-state index contributed by atoms with van der Waals surface area (Å²) in [6.07, 6.45) is 7.62. The smallest absolute Gasteiger partial charge is 0.295 e. The van der Waals surface area contributed by atoms with Crippen molar-refractivity contribution in [1.29, 1.82) is 5.26 Å². The molecular formula is C18H19N3O3. The van der Waals surface area contributed by atoms with Gasteiger partial charge in [-0.15, -0.1) is 0 Å². The Balaban J connectivity index is 1.81. The highest BCUT2D eigenvalue weighted by molar-refractivity contribution is 5.63. The Morgan fingerprint density at radius 1 is 1.42 bits per heavy atom. The van der Waals surface area contributed by atoms with Gasteiger partial charge in [0.25, 0.3) is 6.47 Å². The van der Waals surface area contributed by atoms with Gasteiger partial charge in [0.1, 0.15) is 11.8 Å². The Morgan fingerprint density at radius 3 is 2.92 bits per heavy atom. The summed E-state index contributed by atoms with van der Waals surface area (Å²) in [4.78, 5) is 14.7. The standard InChI is InChI=1S/C18H19N3O3/c1-13(23-12-22)21-10-17(20-11-21)14-6-7-18(15(8-14)9-19)24-16-4-2-3-5-16/h6-8,10-13,16H,2-5H2,1H3. The van der Waals surface area contributed by atoms with Crippen molar-refractivity contribution < 1.29 is 14.3 Å². The molecule has 1 aliphatic rings. The van der Waals surface area contributed by atoms with Gasteiger partial charge in [-0.3, -0.25) is 4.79 Å². The summed E-state index contributed by atoms with van der Waals surface area (Å²) in [6.45, 7) is 2.16. The molecule has 2 aromatic rings. The second kappa shape index (κ2) is 7.18. The molecule has 1 fully saturated rings. The summed E-state index contributed by atoms with van der Waals surface area (Å²) in [5.74, 6) is 0.630. The zero-order chi connectivity index (χ0) is 16.9. The van der Waals surface area contributed by atoms with Crippen LogP contribution in [0.2, 0.25) is 0 Å². The highest BCUT2D eigenvalue weighted by atomic mass is 16.5. The minimum Gasteiger partial charge on any atom is -0.489 e. The molecular weight excluding hydrogens is 306 g/mol. The molecule has 3 rings (SSSR count). The van der Waals surface area contributed by atoms with Gasteiger partial charge in [-0.2, -0.15) is 5.26 Å². The van der Waals surface area contributed by atoms with Crippen molar-refractivity contribution in [1.82, 2.24) is 9.55 Å². The monoisotopic (exact) mass is 325 g/mol. The van der Waals surface area contributed by atoms with Gasteiger partial charge in [0.15, 0.2) is 6.23 Å². The molecule has 6 nitrogen and oxygen atoms in total. The van der Waals surface area contributed by atoms with Crippen LogP contribution in [0.5, 0.6) is 5.75 Å². The van der Waals surface area contributed by atoms with Crippen LogP contribution in [0.1, 0.15) is 44.4 Å². The van der Waals surface area contributed by atoms with Gasteiger partial charge >= 0.3 is 0 Å². The molecule has 0 aliphatic heterocycles. The van der Waals surface area contributed by atoms with Crippen LogP contribution >= 0.6 is 0 Å². The summed E-state index contributed by atoms with van der Waals surface area (Å²) in [5.41, 5.74) is 2.04. The molecule has 1 aromatic heterocycles. The minimum absolute atomic E-state index is 0.212. The number of aromatic nitrogens is 2. The highest BCUT2D eigenvalue weighted by Crippen LogP contribution is 2.29. The van der Waals surface area contributed by atoms with E-state index in [9.17, 15) is 10.1 Å². The average molecular weight is 325 g/mol. The lowest BCUT2D eigenvalue weighted by Gasteiger charge is -2.14. The third kappa shape index (κ3) is 3.40. The van der Waals surface area contributed by atoms with E-state index in [-0.39, 0.29) is 6.10 Å². The fourth-order valence-electron chi connectivity index (χ4n) is 2.90. The largest absolute Gasteiger partial charge is 0.489 e. The lowest BCUT2D eigenvalue weighted by molar-refractivity contribution is -0.136. The summed E-state index contributed by atoms with van der Waals surface area (Å²) in [5, 5.41) is 9.41. The molecule has 6 heteroatoms. The molecule has 1 heterocycles. The molecule has 1 unspecified atom stereocenters. The van der Waals surface area contributed by atoms with Crippen LogP contribution in [0.3, 0.4) is 0 Å². The Labute approximate surface area is 140 Å². The molecule has 1 aromatic carbocycles. The molecule has 1 saturated carbocycles. The maximum atomic E-state index is 10.4. The van der Waals surface area contributed by atoms with E-state index in [1.165, 1.54) is 12.8 Å². The summed E-state index contributed by atoms with van der Waals surface area (Å²) >= 11 is 0. The number of nitrogens with zero attached hydrogens (tertiary/aromatic N) is 3. The van der Waals surface area contributed by atoms with Crippen molar-refractivity contribution in [2.75, 3.05) is 0 Å². The van der Waals surface area contributed by atoms with Crippen molar-refractivity contribution in [2.24, 2.45) is 0 Å². The SMILES string of the molecule is CC(OC=O)n1cnc(-c2ccc(OC3CCCC3)c(C#N)c2)c1. The lowest BCUT2D eigenvalue weighted by Crippen LogP contribution is -2.11. The molecule has 0 spiro atoms. The van der Waals surface area contributed by atoms with Crippen molar-refractivity contribution in [3.8, 4) is 23.1 Å². The quantitative estimate of drug-likeness (QED) is 0.760. The van der Waals surface area contributed by atoms with Crippen LogP contribution in [-0.4, -0.2) is 22.1 Å². The lowest BCUT2D eigenvalue weighted by atomic mass is 10.1. The molecule has 1 atom stereocenters. The van der Waals surface area contributed by atoms with Crippen LogP contribution in [0.4, 0.5) is 0 Å². The van der Waals surface area contributed by atoms with E-state index in [1.54, 1.807) is 30.1 Å². The van der Waals surface area contributed by atoms with Crippen molar-refractivity contribution >= 4 is 6.47 Å². The number of nitriles is 1. The van der Waals surface area contributed by atoms with Gasteiger partial charge in [0.05, 0.1) is 23.7 Å². The number of ether oxygens (including phenoxy) is 2. The maximum Gasteiger partial charge on any atom is 0.295 e. The van der Waals surface area contributed by atoms with Gasteiger partial charge in [-0.05, 0) is 50.8 Å². The van der Waals surface area contributed by atoms with Gasteiger partial charge < -0.3 is 14.0 Å². The Morgan fingerprint density at radius 2 is 2.21 bits per heavy atom. The van der Waals surface area contributed by atoms with E-state index >= 15 is 0 Å². The van der Waals surface area contributed by atoms with E-state index in [0.717, 1.165) is 18.4 Å². The second-order valence-corrected chi connectivity index (χ2v) is 5.88. The second-order valence-electron chi connectivity index (χ2n) is 5.88. The van der Waals surface area contributed by atoms with Crippen molar-refractivity contribution in [3.05, 3.63) is 36.3 Å². The summed E-state index contributed by atoms with van der Waals surface area (Å²) in [7, 11) is 0. The maximum absolute atomic E-state index is 10.4. The molecule has 0 amide bonds. The van der Waals surface area contributed by atoms with Gasteiger partial charge in [0, 0.05) is 11.8 Å². The number of hydrogen-bond donors (Lipinski definition) is 0. The predicted octanol–water partition coefficient (Wildman–Crippen LogP) is 3.43. The molecule has 0 radical (unpaired) electrons. The van der Waals surface area contributed by atoms with Crippen LogP contribution in [0.25, 0.3) is 11.3 Å². The number of imidazole rings is 1. The van der Waals surface area contributed by atoms with E-state index < -0.39 is 6.23 Å². The van der Waals surface area contributed by atoms with Gasteiger partial charge in [-0.1, -0.05) is 0 Å². The summed E-state index contributed by atoms with van der Waals surface area (Å²) in [6, 6.07) is 7.70. The Kier molecular flexibility index (Phi) is 4.80. The first-order valence-corrected chi connectivity index (χ1v) is 8.05. The number of benzene rings is 1. The first-order valence-electron chi connectivity index (χ1n) is 8.05. The van der Waals surface area contributed by atoms with E-state index in [4.69, 9.17) is 9.47 Å². The van der Waals surface area contributed by atoms with Crippen LogP contribution in [0, 0.1) is 11.3 Å². The van der Waals surface area contributed by atoms with Crippen LogP contribution in [0.15, 0.2) is 30.7 Å². The number of carbonyl (C=O) groups is 1. The van der Waals surface area contributed by atoms with Gasteiger partial charge in [0.2, 0.25) is 0 Å². The van der Waals surface area contributed by atoms with Crippen LogP contribution in [-0.2, 0) is 9.53 Å². The van der Waals surface area contributed by atoms with E-state index in [1.807, 2.05) is 12.1 Å². The molecule has 0 bridgehead atoms. The van der Waals surface area contributed by atoms with E-state index in [0.29, 0.717) is 23.5 Å². The first kappa shape index (κ1) is 16.1. The third-order valence-corrected chi connectivity index (χ3v) is 4.27. The third-order valence-electron chi connectivity index (χ3n) is 4.27. The highest BCUT2D eigenvalue weighted by Gasteiger charge is 2.18. The Bertz CT molecular complexity index is 757. The fourth-order valence-corrected chi connectivity index (χ4v) is 2.90. The number of carbonyl (C=O) groups excluding carboxylic acids is 1. The minimum atomic E-state index is -0.427. The summed E-state index contributed by atoms with van der Waals surface area (Å²) < 4.78 is 12.5. The zero-order valence-electron chi connectivity index (χ0n) is 13.5. The van der Waals surface area contributed by atoms with Crippen LogP contribution < -0.4 is 4.74 Å². The van der Waals surface area contributed by atoms with E-state index in [2.05, 4.69) is 11.1 Å². The number of hydrogen-bond acceptors (Lipinski definition) is 5. The molecule has 124 valence electrons. The van der Waals surface area contributed by atoms with Crippen molar-refractivity contribution in [3.63, 3.8) is 0 Å². The zero-order valence-corrected chi connectivity index (χ0v) is 13.5. The predicted molar refractivity (Wildman–Crippen MR) is 87.1 cm³/mol. The Hall–Kier alpha value is -2.81. The van der Waals surface area contributed by atoms with Gasteiger partial charge in [-0.25, -0.2) is 4.98 Å². The fraction of sp³-hybridized carbons (Fsp3) is 0.389. The normalized spacial score (nSPS) is 15.7. The molecule has 24 heavy (non-hydrogen) atoms.